The van der Waals surface area contributed by atoms with Crippen LogP contribution >= 0.6 is 23.7 Å². The first-order valence-corrected chi connectivity index (χ1v) is 6.60. The first kappa shape index (κ1) is 13.8. The predicted octanol–water partition coefficient (Wildman–Crippen LogP) is 3.54. The maximum Gasteiger partial charge on any atom is 0.183 e. The number of anilines is 1. The molecule has 0 bridgehead atoms. The van der Waals surface area contributed by atoms with E-state index in [1.165, 1.54) is 5.56 Å². The van der Waals surface area contributed by atoms with E-state index in [1.807, 2.05) is 20.0 Å². The Labute approximate surface area is 121 Å². The highest BCUT2D eigenvalue weighted by Gasteiger charge is 2.12. The fourth-order valence-corrected chi connectivity index (χ4v) is 2.83. The van der Waals surface area contributed by atoms with Crippen molar-refractivity contribution in [3.63, 3.8) is 0 Å². The molecule has 3 aromatic heterocycles. The standard InChI is InChI=1S/C13H14N4S.ClH/c1-8-4-5-11-16-10(7-17(11)6-8)12-9(2)15-13(14-3)18-12;/h4-7H,1-3H3,(H,14,15);1H. The minimum absolute atomic E-state index is 0. The van der Waals surface area contributed by atoms with Crippen LogP contribution in [0.1, 0.15) is 11.3 Å². The van der Waals surface area contributed by atoms with Crippen LogP contribution in [0.2, 0.25) is 0 Å². The van der Waals surface area contributed by atoms with Gasteiger partial charge in [0, 0.05) is 19.4 Å². The highest BCUT2D eigenvalue weighted by molar-refractivity contribution is 7.19. The SMILES string of the molecule is CNc1nc(C)c(-c2cn3cc(C)ccc3n2)s1.Cl. The molecule has 0 atom stereocenters. The molecule has 1 N–H and O–H groups in total. The van der Waals surface area contributed by atoms with E-state index in [2.05, 4.69) is 45.1 Å². The number of fused-ring (bicyclic) bond motifs is 1. The van der Waals surface area contributed by atoms with Gasteiger partial charge < -0.3 is 9.72 Å². The zero-order valence-electron chi connectivity index (χ0n) is 11.0. The molecule has 0 unspecified atom stereocenters. The van der Waals surface area contributed by atoms with Crippen LogP contribution in [-0.2, 0) is 0 Å². The monoisotopic (exact) mass is 294 g/mol. The fraction of sp³-hybridized carbons (Fsp3) is 0.231. The molecule has 0 aliphatic rings. The third-order valence-corrected chi connectivity index (χ3v) is 4.04. The summed E-state index contributed by atoms with van der Waals surface area (Å²) in [4.78, 5) is 10.2. The number of rotatable bonds is 2. The van der Waals surface area contributed by atoms with Crippen LogP contribution in [-0.4, -0.2) is 21.4 Å². The minimum Gasteiger partial charge on any atom is -0.365 e. The second-order valence-electron chi connectivity index (χ2n) is 4.28. The molecule has 100 valence electrons. The van der Waals surface area contributed by atoms with Crippen molar-refractivity contribution in [3.05, 3.63) is 35.8 Å². The van der Waals surface area contributed by atoms with E-state index in [4.69, 9.17) is 0 Å². The molecule has 3 heterocycles. The molecule has 0 aromatic carbocycles. The molecule has 0 aliphatic heterocycles. The highest BCUT2D eigenvalue weighted by Crippen LogP contribution is 2.31. The number of nitrogens with one attached hydrogen (secondary N) is 1. The Kier molecular flexibility index (Phi) is 3.78. The van der Waals surface area contributed by atoms with E-state index in [-0.39, 0.29) is 12.4 Å². The first-order chi connectivity index (χ1) is 8.67. The lowest BCUT2D eigenvalue weighted by Gasteiger charge is -1.93. The molecule has 0 aliphatic carbocycles. The Morgan fingerprint density at radius 1 is 1.16 bits per heavy atom. The zero-order chi connectivity index (χ0) is 12.7. The molecule has 3 aromatic rings. The number of halogens is 1. The van der Waals surface area contributed by atoms with Gasteiger partial charge in [-0.25, -0.2) is 9.97 Å². The van der Waals surface area contributed by atoms with Gasteiger partial charge in [-0.3, -0.25) is 0 Å². The summed E-state index contributed by atoms with van der Waals surface area (Å²) in [5.74, 6) is 0. The van der Waals surface area contributed by atoms with Crippen LogP contribution in [0.15, 0.2) is 24.5 Å². The van der Waals surface area contributed by atoms with Crippen molar-refractivity contribution in [1.29, 1.82) is 0 Å². The maximum absolute atomic E-state index is 4.64. The van der Waals surface area contributed by atoms with Gasteiger partial charge in [0.2, 0.25) is 0 Å². The van der Waals surface area contributed by atoms with Crippen LogP contribution in [0, 0.1) is 13.8 Å². The summed E-state index contributed by atoms with van der Waals surface area (Å²) in [5, 5.41) is 4.00. The Morgan fingerprint density at radius 2 is 1.95 bits per heavy atom. The van der Waals surface area contributed by atoms with E-state index >= 15 is 0 Å². The highest BCUT2D eigenvalue weighted by atomic mass is 35.5. The van der Waals surface area contributed by atoms with Gasteiger partial charge in [0.1, 0.15) is 11.3 Å². The lowest BCUT2D eigenvalue weighted by molar-refractivity contribution is 1.16. The van der Waals surface area contributed by atoms with Gasteiger partial charge in [-0.05, 0) is 25.5 Å². The van der Waals surface area contributed by atoms with Crippen LogP contribution in [0.25, 0.3) is 16.2 Å². The van der Waals surface area contributed by atoms with Crippen molar-refractivity contribution >= 4 is 34.5 Å². The number of hydrogen-bond donors (Lipinski definition) is 1. The second kappa shape index (κ2) is 5.19. The lowest BCUT2D eigenvalue weighted by Crippen LogP contribution is -1.84. The molecule has 4 nitrogen and oxygen atoms in total. The lowest BCUT2D eigenvalue weighted by atomic mass is 10.3. The third-order valence-electron chi connectivity index (χ3n) is 2.84. The molecule has 0 spiro atoms. The largest absolute Gasteiger partial charge is 0.365 e. The summed E-state index contributed by atoms with van der Waals surface area (Å²) in [7, 11) is 1.88. The second-order valence-corrected chi connectivity index (χ2v) is 5.28. The summed E-state index contributed by atoms with van der Waals surface area (Å²) >= 11 is 1.63. The summed E-state index contributed by atoms with van der Waals surface area (Å²) in [6.45, 7) is 4.10. The van der Waals surface area contributed by atoms with Gasteiger partial charge in [0.15, 0.2) is 5.13 Å². The Bertz CT molecular complexity index is 717. The zero-order valence-corrected chi connectivity index (χ0v) is 12.6. The normalized spacial score (nSPS) is 10.5. The molecule has 3 rings (SSSR count). The predicted molar refractivity (Wildman–Crippen MR) is 82.6 cm³/mol. The quantitative estimate of drug-likeness (QED) is 0.786. The number of pyridine rings is 1. The third kappa shape index (κ3) is 2.43. The van der Waals surface area contributed by atoms with Crippen molar-refractivity contribution in [2.45, 2.75) is 13.8 Å². The molecular formula is C13H15ClN4S. The van der Waals surface area contributed by atoms with Gasteiger partial charge in [0.25, 0.3) is 0 Å². The van der Waals surface area contributed by atoms with E-state index in [0.717, 1.165) is 27.0 Å². The molecule has 0 saturated heterocycles. The summed E-state index contributed by atoms with van der Waals surface area (Å²) < 4.78 is 2.06. The first-order valence-electron chi connectivity index (χ1n) is 5.78. The van der Waals surface area contributed by atoms with Gasteiger partial charge in [0.05, 0.1) is 10.6 Å². The average molecular weight is 295 g/mol. The molecule has 6 heteroatoms. The van der Waals surface area contributed by atoms with E-state index in [9.17, 15) is 0 Å². The van der Waals surface area contributed by atoms with Crippen LogP contribution in [0.3, 0.4) is 0 Å². The Morgan fingerprint density at radius 3 is 2.63 bits per heavy atom. The van der Waals surface area contributed by atoms with Gasteiger partial charge in [-0.1, -0.05) is 17.4 Å². The molecular weight excluding hydrogens is 280 g/mol. The number of hydrogen-bond acceptors (Lipinski definition) is 4. The number of thiazole rings is 1. The van der Waals surface area contributed by atoms with Gasteiger partial charge in [-0.15, -0.1) is 12.4 Å². The minimum atomic E-state index is 0. The Balaban J connectivity index is 0.00000133. The van der Waals surface area contributed by atoms with E-state index < -0.39 is 0 Å². The topological polar surface area (TPSA) is 42.2 Å². The number of aromatic nitrogens is 3. The summed E-state index contributed by atoms with van der Waals surface area (Å²) in [6, 6.07) is 4.11. The summed E-state index contributed by atoms with van der Waals surface area (Å²) in [5.41, 5.74) is 4.19. The fourth-order valence-electron chi connectivity index (χ4n) is 1.95. The van der Waals surface area contributed by atoms with Gasteiger partial charge >= 0.3 is 0 Å². The van der Waals surface area contributed by atoms with Crippen LogP contribution in [0.4, 0.5) is 5.13 Å². The van der Waals surface area contributed by atoms with E-state index in [0.29, 0.717) is 0 Å². The van der Waals surface area contributed by atoms with E-state index in [1.54, 1.807) is 11.3 Å². The maximum atomic E-state index is 4.64. The number of aryl methyl sites for hydroxylation is 2. The van der Waals surface area contributed by atoms with Crippen LogP contribution < -0.4 is 5.32 Å². The number of imidazole rings is 1. The molecule has 0 saturated carbocycles. The van der Waals surface area contributed by atoms with Crippen molar-refractivity contribution in [3.8, 4) is 10.6 Å². The molecule has 0 amide bonds. The smallest absolute Gasteiger partial charge is 0.183 e. The molecule has 19 heavy (non-hydrogen) atoms. The average Bonchev–Trinajstić information content (AvgIpc) is 2.91. The Hall–Kier alpha value is -1.59. The van der Waals surface area contributed by atoms with Crippen molar-refractivity contribution < 1.29 is 0 Å². The van der Waals surface area contributed by atoms with Crippen molar-refractivity contribution in [1.82, 2.24) is 14.4 Å². The van der Waals surface area contributed by atoms with Crippen LogP contribution in [0.5, 0.6) is 0 Å². The van der Waals surface area contributed by atoms with Crippen molar-refractivity contribution in [2.75, 3.05) is 12.4 Å². The molecule has 0 radical (unpaired) electrons. The van der Waals surface area contributed by atoms with Crippen molar-refractivity contribution in [2.24, 2.45) is 0 Å². The van der Waals surface area contributed by atoms with Gasteiger partial charge in [-0.2, -0.15) is 0 Å². The summed E-state index contributed by atoms with van der Waals surface area (Å²) in [6.07, 6.45) is 4.14. The molecule has 0 fully saturated rings. The number of nitrogens with zero attached hydrogens (tertiary/aromatic N) is 3.